The van der Waals surface area contributed by atoms with Crippen LogP contribution in [0.3, 0.4) is 0 Å². The van der Waals surface area contributed by atoms with Gasteiger partial charge in [0.1, 0.15) is 12.0 Å². The summed E-state index contributed by atoms with van der Waals surface area (Å²) in [4.78, 5) is 20.6. The van der Waals surface area contributed by atoms with Gasteiger partial charge in [-0.2, -0.15) is 0 Å². The molecule has 0 aliphatic rings. The number of carbonyl (C=O) groups is 1. The Balaban J connectivity index is 1.47. The summed E-state index contributed by atoms with van der Waals surface area (Å²) in [6, 6.07) is 15.9. The summed E-state index contributed by atoms with van der Waals surface area (Å²) < 4.78 is 6.98. The number of aromatic amines is 1. The first-order valence-electron chi connectivity index (χ1n) is 10.3. The minimum Gasteiger partial charge on any atom is -0.383 e. The van der Waals surface area contributed by atoms with Crippen LogP contribution in [0.15, 0.2) is 67.3 Å². The van der Waals surface area contributed by atoms with Gasteiger partial charge in [-0.05, 0) is 40.1 Å². The minimum atomic E-state index is -0.157. The molecule has 160 valence electrons. The Bertz CT molecular complexity index is 1400. The Kier molecular flexibility index (Phi) is 5.35. The Labute approximate surface area is 184 Å². The first-order valence-corrected chi connectivity index (χ1v) is 10.3. The summed E-state index contributed by atoms with van der Waals surface area (Å²) in [6.07, 6.45) is 5.32. The van der Waals surface area contributed by atoms with E-state index in [0.29, 0.717) is 24.5 Å². The van der Waals surface area contributed by atoms with Gasteiger partial charge in [0.2, 0.25) is 0 Å². The maximum absolute atomic E-state index is 13.1. The van der Waals surface area contributed by atoms with Gasteiger partial charge in [0.15, 0.2) is 5.82 Å². The highest BCUT2D eigenvalue weighted by molar-refractivity contribution is 6.12. The van der Waals surface area contributed by atoms with Crippen LogP contribution in [0.4, 0.5) is 0 Å². The zero-order valence-electron chi connectivity index (χ0n) is 17.6. The predicted octanol–water partition coefficient (Wildman–Crippen LogP) is 3.55. The standard InChI is InChI=1S/C24H22N6O2/c1-32-13-12-30-15-28-29-22(30)14-27-24(31)21-7-3-5-16-17(4-2-6-18(16)21)19-8-10-25-23-20(19)9-11-26-23/h2-11,15H,12-14H2,1H3,(H,25,26)(H,27,31). The predicted molar refractivity (Wildman–Crippen MR) is 122 cm³/mol. The second kappa shape index (κ2) is 8.60. The quantitative estimate of drug-likeness (QED) is 0.415. The first kappa shape index (κ1) is 19.9. The van der Waals surface area contributed by atoms with E-state index in [2.05, 4.69) is 31.5 Å². The van der Waals surface area contributed by atoms with Crippen LogP contribution in [0.1, 0.15) is 16.2 Å². The second-order valence-corrected chi connectivity index (χ2v) is 7.42. The van der Waals surface area contributed by atoms with Gasteiger partial charge in [0.25, 0.3) is 5.91 Å². The van der Waals surface area contributed by atoms with Crippen LogP contribution < -0.4 is 5.32 Å². The van der Waals surface area contributed by atoms with Crippen LogP contribution in [0, 0.1) is 0 Å². The third-order valence-corrected chi connectivity index (χ3v) is 5.56. The zero-order chi connectivity index (χ0) is 21.9. The fourth-order valence-electron chi connectivity index (χ4n) is 3.99. The molecule has 32 heavy (non-hydrogen) atoms. The van der Waals surface area contributed by atoms with E-state index in [1.54, 1.807) is 19.6 Å². The van der Waals surface area contributed by atoms with Gasteiger partial charge in [0.05, 0.1) is 13.2 Å². The monoisotopic (exact) mass is 426 g/mol. The largest absolute Gasteiger partial charge is 0.383 e. The van der Waals surface area contributed by atoms with Gasteiger partial charge in [-0.1, -0.05) is 30.3 Å². The number of fused-ring (bicyclic) bond motifs is 2. The summed E-state index contributed by atoms with van der Waals surface area (Å²) in [5.41, 5.74) is 3.59. The number of nitrogens with one attached hydrogen (secondary N) is 2. The normalized spacial score (nSPS) is 11.3. The fourth-order valence-corrected chi connectivity index (χ4v) is 3.99. The molecule has 5 aromatic rings. The summed E-state index contributed by atoms with van der Waals surface area (Å²) in [6.45, 7) is 1.47. The lowest BCUT2D eigenvalue weighted by molar-refractivity contribution is 0.0951. The van der Waals surface area contributed by atoms with Gasteiger partial charge in [-0.3, -0.25) is 4.79 Å². The number of amides is 1. The number of ether oxygens (including phenoxy) is 1. The first-order chi connectivity index (χ1) is 15.8. The molecule has 1 amide bonds. The third kappa shape index (κ3) is 3.61. The smallest absolute Gasteiger partial charge is 0.252 e. The molecule has 0 bridgehead atoms. The molecule has 8 nitrogen and oxygen atoms in total. The molecule has 0 fully saturated rings. The van der Waals surface area contributed by atoms with Crippen molar-refractivity contribution in [1.82, 2.24) is 30.0 Å². The topological polar surface area (TPSA) is 97.7 Å². The van der Waals surface area contributed by atoms with Gasteiger partial charge in [-0.15, -0.1) is 10.2 Å². The van der Waals surface area contributed by atoms with Crippen molar-refractivity contribution in [3.05, 3.63) is 78.6 Å². The summed E-state index contributed by atoms with van der Waals surface area (Å²) in [5.74, 6) is 0.526. The van der Waals surface area contributed by atoms with Crippen molar-refractivity contribution in [3.63, 3.8) is 0 Å². The Morgan fingerprint density at radius 1 is 1.06 bits per heavy atom. The average molecular weight is 426 g/mol. The van der Waals surface area contributed by atoms with E-state index in [4.69, 9.17) is 4.74 Å². The number of hydrogen-bond acceptors (Lipinski definition) is 5. The Morgan fingerprint density at radius 3 is 2.81 bits per heavy atom. The van der Waals surface area contributed by atoms with E-state index in [1.807, 2.05) is 53.2 Å². The van der Waals surface area contributed by atoms with Gasteiger partial charge < -0.3 is 19.6 Å². The lowest BCUT2D eigenvalue weighted by Gasteiger charge is -2.12. The molecular formula is C24H22N6O2. The molecule has 0 radical (unpaired) electrons. The van der Waals surface area contributed by atoms with Crippen molar-refractivity contribution in [2.45, 2.75) is 13.1 Å². The molecule has 0 atom stereocenters. The maximum atomic E-state index is 13.1. The van der Waals surface area contributed by atoms with Crippen LogP contribution in [0.25, 0.3) is 32.9 Å². The van der Waals surface area contributed by atoms with Crippen molar-refractivity contribution in [2.75, 3.05) is 13.7 Å². The molecule has 0 aliphatic heterocycles. The van der Waals surface area contributed by atoms with Gasteiger partial charge in [0, 0.05) is 37.0 Å². The van der Waals surface area contributed by atoms with Crippen molar-refractivity contribution in [3.8, 4) is 11.1 Å². The third-order valence-electron chi connectivity index (χ3n) is 5.56. The number of aromatic nitrogens is 5. The Morgan fingerprint density at radius 2 is 1.91 bits per heavy atom. The summed E-state index contributed by atoms with van der Waals surface area (Å²) in [7, 11) is 1.65. The van der Waals surface area contributed by atoms with E-state index in [9.17, 15) is 4.79 Å². The van der Waals surface area contributed by atoms with E-state index >= 15 is 0 Å². The minimum absolute atomic E-state index is 0.157. The molecule has 3 heterocycles. The number of pyridine rings is 1. The van der Waals surface area contributed by atoms with Crippen molar-refractivity contribution in [2.24, 2.45) is 0 Å². The van der Waals surface area contributed by atoms with E-state index in [-0.39, 0.29) is 12.5 Å². The van der Waals surface area contributed by atoms with E-state index in [0.717, 1.165) is 32.9 Å². The number of benzene rings is 2. The number of rotatable bonds is 7. The SMILES string of the molecule is COCCn1cnnc1CNC(=O)c1cccc2c(-c3ccnc4[nH]ccc34)cccc12. The number of methoxy groups -OCH3 is 1. The highest BCUT2D eigenvalue weighted by Gasteiger charge is 2.15. The molecule has 2 aromatic carbocycles. The molecule has 5 rings (SSSR count). The lowest BCUT2D eigenvalue weighted by atomic mass is 9.94. The maximum Gasteiger partial charge on any atom is 0.252 e. The van der Waals surface area contributed by atoms with Crippen LogP contribution >= 0.6 is 0 Å². The van der Waals surface area contributed by atoms with Crippen molar-refractivity contribution in [1.29, 1.82) is 0 Å². The molecule has 3 aromatic heterocycles. The molecule has 2 N–H and O–H groups in total. The highest BCUT2D eigenvalue weighted by Crippen LogP contribution is 2.34. The van der Waals surface area contributed by atoms with Crippen LogP contribution in [-0.2, 0) is 17.8 Å². The Hall–Kier alpha value is -4.04. The molecule has 0 saturated carbocycles. The van der Waals surface area contributed by atoms with Crippen molar-refractivity contribution >= 4 is 27.7 Å². The van der Waals surface area contributed by atoms with Gasteiger partial charge >= 0.3 is 0 Å². The molecule has 0 saturated heterocycles. The number of nitrogens with zero attached hydrogens (tertiary/aromatic N) is 4. The zero-order valence-corrected chi connectivity index (χ0v) is 17.6. The molecule has 0 aliphatic carbocycles. The molecular weight excluding hydrogens is 404 g/mol. The fraction of sp³-hybridized carbons (Fsp3) is 0.167. The molecule has 0 unspecified atom stereocenters. The van der Waals surface area contributed by atoms with E-state index < -0.39 is 0 Å². The van der Waals surface area contributed by atoms with E-state index in [1.165, 1.54) is 0 Å². The number of hydrogen-bond donors (Lipinski definition) is 2. The molecule has 0 spiro atoms. The lowest BCUT2D eigenvalue weighted by Crippen LogP contribution is -2.25. The number of carbonyl (C=O) groups excluding carboxylic acids is 1. The number of H-pyrrole nitrogens is 1. The second-order valence-electron chi connectivity index (χ2n) is 7.42. The average Bonchev–Trinajstić information content (AvgIpc) is 3.49. The summed E-state index contributed by atoms with van der Waals surface area (Å²) >= 11 is 0. The van der Waals surface area contributed by atoms with Crippen molar-refractivity contribution < 1.29 is 9.53 Å². The van der Waals surface area contributed by atoms with Crippen LogP contribution in [-0.4, -0.2) is 44.4 Å². The van der Waals surface area contributed by atoms with Crippen LogP contribution in [0.5, 0.6) is 0 Å². The van der Waals surface area contributed by atoms with Crippen LogP contribution in [0.2, 0.25) is 0 Å². The highest BCUT2D eigenvalue weighted by atomic mass is 16.5. The molecule has 8 heteroatoms. The van der Waals surface area contributed by atoms with Gasteiger partial charge in [-0.25, -0.2) is 4.98 Å². The summed E-state index contributed by atoms with van der Waals surface area (Å²) in [5, 5.41) is 14.0.